The second-order valence-electron chi connectivity index (χ2n) is 6.46. The number of sulfonamides is 1. The summed E-state index contributed by atoms with van der Waals surface area (Å²) in [4.78, 5) is 3.66. The average Bonchev–Trinajstić information content (AvgIpc) is 2.93. The summed E-state index contributed by atoms with van der Waals surface area (Å²) in [5, 5.41) is 0.934. The number of hydrogen-bond acceptors (Lipinski definition) is 5. The number of ether oxygens (including phenoxy) is 1. The van der Waals surface area contributed by atoms with E-state index in [2.05, 4.69) is 11.0 Å². The molecule has 1 aromatic heterocycles. The van der Waals surface area contributed by atoms with Gasteiger partial charge in [-0.05, 0) is 50.4 Å². The maximum Gasteiger partial charge on any atom is 0.211 e. The Bertz CT molecular complexity index is 621. The second-order valence-corrected chi connectivity index (χ2v) is 9.55. The van der Waals surface area contributed by atoms with Crippen LogP contribution in [-0.4, -0.2) is 56.7 Å². The summed E-state index contributed by atoms with van der Waals surface area (Å²) >= 11 is 1.60. The molecule has 2 aliphatic rings. The van der Waals surface area contributed by atoms with Crippen LogP contribution in [0.15, 0.2) is 6.07 Å². The third kappa shape index (κ3) is 4.68. The third-order valence-corrected chi connectivity index (χ3v) is 6.93. The number of nitrogens with zero attached hydrogens (tertiary/aromatic N) is 2. The van der Waals surface area contributed by atoms with E-state index in [9.17, 15) is 8.42 Å². The molecule has 2 aliphatic heterocycles. The van der Waals surface area contributed by atoms with Gasteiger partial charge in [0, 0.05) is 24.5 Å². The molecule has 0 bridgehead atoms. The van der Waals surface area contributed by atoms with Crippen molar-refractivity contribution in [3.8, 4) is 5.06 Å². The summed E-state index contributed by atoms with van der Waals surface area (Å²) in [6.07, 6.45) is 7.15. The van der Waals surface area contributed by atoms with Crippen LogP contribution in [0.1, 0.15) is 36.1 Å². The lowest BCUT2D eigenvalue weighted by Gasteiger charge is -2.26. The molecule has 0 aliphatic carbocycles. The van der Waals surface area contributed by atoms with Crippen LogP contribution in [0.2, 0.25) is 0 Å². The van der Waals surface area contributed by atoms with Gasteiger partial charge >= 0.3 is 0 Å². The quantitative estimate of drug-likeness (QED) is 0.733. The molecular formula is C16H26N2O3S2. The van der Waals surface area contributed by atoms with E-state index in [0.29, 0.717) is 13.1 Å². The molecule has 7 heteroatoms. The Morgan fingerprint density at radius 1 is 1.22 bits per heavy atom. The van der Waals surface area contributed by atoms with Gasteiger partial charge in [0.05, 0.1) is 12.9 Å². The van der Waals surface area contributed by atoms with Crippen molar-refractivity contribution in [2.45, 2.75) is 38.6 Å². The van der Waals surface area contributed by atoms with Crippen molar-refractivity contribution in [1.29, 1.82) is 0 Å². The summed E-state index contributed by atoms with van der Waals surface area (Å²) in [5.41, 5.74) is 1.25. The van der Waals surface area contributed by atoms with Crippen LogP contribution < -0.4 is 4.74 Å². The Morgan fingerprint density at radius 2 is 2.00 bits per heavy atom. The first kappa shape index (κ1) is 17.2. The van der Waals surface area contributed by atoms with Crippen LogP contribution >= 0.6 is 11.3 Å². The van der Waals surface area contributed by atoms with Gasteiger partial charge in [-0.15, -0.1) is 11.3 Å². The first-order valence-electron chi connectivity index (χ1n) is 8.44. The Morgan fingerprint density at radius 3 is 2.74 bits per heavy atom. The smallest absolute Gasteiger partial charge is 0.211 e. The second kappa shape index (κ2) is 7.51. The molecule has 0 radical (unpaired) electrons. The molecule has 0 N–H and O–H groups in total. The summed E-state index contributed by atoms with van der Waals surface area (Å²) in [6.45, 7) is 5.40. The SMILES string of the molecule is CS(=O)(=O)N1CCc2cc(OCCCN3CCCCC3)sc2C1. The minimum atomic E-state index is -3.10. The lowest BCUT2D eigenvalue weighted by molar-refractivity contribution is 0.206. The molecule has 3 rings (SSSR count). The van der Waals surface area contributed by atoms with E-state index in [1.807, 2.05) is 0 Å². The van der Waals surface area contributed by atoms with E-state index < -0.39 is 10.0 Å². The number of likely N-dealkylation sites (tertiary alicyclic amines) is 1. The van der Waals surface area contributed by atoms with Crippen LogP contribution in [0.5, 0.6) is 5.06 Å². The number of piperidine rings is 1. The highest BCUT2D eigenvalue weighted by Gasteiger charge is 2.25. The van der Waals surface area contributed by atoms with E-state index in [-0.39, 0.29) is 0 Å². The molecule has 0 amide bonds. The minimum Gasteiger partial charge on any atom is -0.484 e. The fraction of sp³-hybridized carbons (Fsp3) is 0.750. The molecule has 0 saturated carbocycles. The zero-order valence-electron chi connectivity index (χ0n) is 13.8. The Hall–Kier alpha value is -0.630. The van der Waals surface area contributed by atoms with Gasteiger partial charge in [-0.3, -0.25) is 0 Å². The van der Waals surface area contributed by atoms with E-state index >= 15 is 0 Å². The van der Waals surface area contributed by atoms with E-state index in [4.69, 9.17) is 4.74 Å². The van der Waals surface area contributed by atoms with Gasteiger partial charge in [0.2, 0.25) is 10.0 Å². The van der Waals surface area contributed by atoms with Gasteiger partial charge in [-0.2, -0.15) is 4.31 Å². The maximum absolute atomic E-state index is 11.7. The van der Waals surface area contributed by atoms with E-state index in [1.54, 1.807) is 15.6 Å². The Labute approximate surface area is 143 Å². The monoisotopic (exact) mass is 358 g/mol. The van der Waals surface area contributed by atoms with Crippen molar-refractivity contribution in [1.82, 2.24) is 9.21 Å². The topological polar surface area (TPSA) is 49.9 Å². The van der Waals surface area contributed by atoms with Crippen molar-refractivity contribution in [3.05, 3.63) is 16.5 Å². The van der Waals surface area contributed by atoms with Gasteiger partial charge in [0.15, 0.2) is 5.06 Å². The molecule has 3 heterocycles. The molecule has 1 fully saturated rings. The summed E-state index contributed by atoms with van der Waals surface area (Å²) in [7, 11) is -3.10. The molecule has 5 nitrogen and oxygen atoms in total. The molecule has 1 saturated heterocycles. The number of fused-ring (bicyclic) bond motifs is 1. The Kier molecular flexibility index (Phi) is 5.61. The summed E-state index contributed by atoms with van der Waals surface area (Å²) < 4.78 is 30.8. The van der Waals surface area contributed by atoms with E-state index in [1.165, 1.54) is 44.2 Å². The summed E-state index contributed by atoms with van der Waals surface area (Å²) in [6, 6.07) is 2.10. The highest BCUT2D eigenvalue weighted by molar-refractivity contribution is 7.88. The van der Waals surface area contributed by atoms with Crippen LogP contribution in [0.3, 0.4) is 0 Å². The predicted molar refractivity (Wildman–Crippen MR) is 93.7 cm³/mol. The number of hydrogen-bond donors (Lipinski definition) is 0. The molecule has 0 unspecified atom stereocenters. The predicted octanol–water partition coefficient (Wildman–Crippen LogP) is 2.32. The van der Waals surface area contributed by atoms with Gasteiger partial charge < -0.3 is 9.64 Å². The van der Waals surface area contributed by atoms with Crippen molar-refractivity contribution >= 4 is 21.4 Å². The normalized spacial score (nSPS) is 20.4. The summed E-state index contributed by atoms with van der Waals surface area (Å²) in [5.74, 6) is 0. The van der Waals surface area contributed by atoms with Gasteiger partial charge in [-0.1, -0.05) is 6.42 Å². The van der Waals surface area contributed by atoms with E-state index in [0.717, 1.165) is 35.9 Å². The highest BCUT2D eigenvalue weighted by Crippen LogP contribution is 2.34. The van der Waals surface area contributed by atoms with Crippen LogP contribution in [0, 0.1) is 0 Å². The zero-order chi connectivity index (χ0) is 16.3. The lowest BCUT2D eigenvalue weighted by Crippen LogP contribution is -2.34. The standard InChI is InChI=1S/C16H26N2O3S2/c1-23(19,20)18-10-6-14-12-16(22-15(14)13-18)21-11-5-9-17-7-3-2-4-8-17/h12H,2-11,13H2,1H3. The average molecular weight is 359 g/mol. The van der Waals surface area contributed by atoms with Gasteiger partial charge in [-0.25, -0.2) is 8.42 Å². The van der Waals surface area contributed by atoms with Crippen LogP contribution in [0.4, 0.5) is 0 Å². The van der Waals surface area contributed by atoms with Gasteiger partial charge in [0.25, 0.3) is 0 Å². The highest BCUT2D eigenvalue weighted by atomic mass is 32.2. The molecule has 130 valence electrons. The van der Waals surface area contributed by atoms with Crippen LogP contribution in [0.25, 0.3) is 0 Å². The van der Waals surface area contributed by atoms with Crippen LogP contribution in [-0.2, 0) is 23.0 Å². The minimum absolute atomic E-state index is 0.496. The van der Waals surface area contributed by atoms with Crippen molar-refractivity contribution in [3.63, 3.8) is 0 Å². The molecule has 23 heavy (non-hydrogen) atoms. The lowest BCUT2D eigenvalue weighted by atomic mass is 10.1. The first-order chi connectivity index (χ1) is 11.0. The molecule has 0 aromatic carbocycles. The third-order valence-electron chi connectivity index (χ3n) is 4.61. The molecular weight excluding hydrogens is 332 g/mol. The van der Waals surface area contributed by atoms with Crippen molar-refractivity contribution < 1.29 is 13.2 Å². The molecule has 0 spiro atoms. The number of rotatable bonds is 6. The Balaban J connectivity index is 1.46. The maximum atomic E-state index is 11.7. The number of thiophene rings is 1. The molecule has 1 aromatic rings. The van der Waals surface area contributed by atoms with Gasteiger partial charge in [0.1, 0.15) is 0 Å². The van der Waals surface area contributed by atoms with Crippen molar-refractivity contribution in [2.24, 2.45) is 0 Å². The van der Waals surface area contributed by atoms with Crippen molar-refractivity contribution in [2.75, 3.05) is 39.0 Å². The first-order valence-corrected chi connectivity index (χ1v) is 11.1. The fourth-order valence-corrected chi connectivity index (χ4v) is 5.23. The zero-order valence-corrected chi connectivity index (χ0v) is 15.4. The largest absolute Gasteiger partial charge is 0.484 e. The fourth-order valence-electron chi connectivity index (χ4n) is 3.27. The molecule has 0 atom stereocenters.